The Hall–Kier alpha value is -3.33. The number of benzene rings is 2. The van der Waals surface area contributed by atoms with Crippen molar-refractivity contribution in [2.75, 3.05) is 13.2 Å². The van der Waals surface area contributed by atoms with Gasteiger partial charge in [0.2, 0.25) is 0 Å². The fraction of sp³-hybridized carbons (Fsp3) is 0.211. The van der Waals surface area contributed by atoms with Crippen LogP contribution < -0.4 is 14.9 Å². The Kier molecular flexibility index (Phi) is 6.55. The van der Waals surface area contributed by atoms with E-state index in [1.807, 2.05) is 25.1 Å². The average Bonchev–Trinajstić information content (AvgIpc) is 2.65. The van der Waals surface area contributed by atoms with Crippen LogP contribution in [0.15, 0.2) is 53.6 Å². The first-order valence-corrected chi connectivity index (χ1v) is 7.81. The van der Waals surface area contributed by atoms with Gasteiger partial charge in [-0.1, -0.05) is 0 Å². The van der Waals surface area contributed by atoms with Gasteiger partial charge in [0.15, 0.2) is 6.61 Å². The number of carbonyl (C=O) groups excluding carboxylic acids is 1. The van der Waals surface area contributed by atoms with Crippen LogP contribution in [0.3, 0.4) is 0 Å². The standard InChI is InChI=1S/C19H19N3O3/c1-3-24-17-10-6-16(7-11-17)19(23)22-21-14(2)15-4-8-18(9-5-15)25-13-12-20/h4-11H,3,13H2,1-2H3,(H,22,23)/b21-14-. The maximum Gasteiger partial charge on any atom is 0.271 e. The molecule has 6 heteroatoms. The summed E-state index contributed by atoms with van der Waals surface area (Å²) in [6.07, 6.45) is 0. The Balaban J connectivity index is 1.97. The third kappa shape index (κ3) is 5.36. The Bertz CT molecular complexity index is 775. The zero-order valence-electron chi connectivity index (χ0n) is 14.2. The molecule has 0 aromatic heterocycles. The van der Waals surface area contributed by atoms with Gasteiger partial charge in [-0.05, 0) is 67.9 Å². The second-order valence-electron chi connectivity index (χ2n) is 5.07. The largest absolute Gasteiger partial charge is 0.494 e. The van der Waals surface area contributed by atoms with Crippen molar-refractivity contribution in [1.29, 1.82) is 5.26 Å². The van der Waals surface area contributed by atoms with E-state index in [0.717, 1.165) is 11.3 Å². The Morgan fingerprint density at radius 3 is 2.16 bits per heavy atom. The summed E-state index contributed by atoms with van der Waals surface area (Å²) in [6, 6.07) is 15.9. The van der Waals surface area contributed by atoms with Crippen LogP contribution in [0.25, 0.3) is 0 Å². The number of ether oxygens (including phenoxy) is 2. The molecule has 0 aliphatic heterocycles. The van der Waals surface area contributed by atoms with Crippen molar-refractivity contribution in [3.05, 3.63) is 59.7 Å². The van der Waals surface area contributed by atoms with Crippen LogP contribution in [0.4, 0.5) is 0 Å². The van der Waals surface area contributed by atoms with Gasteiger partial charge < -0.3 is 9.47 Å². The van der Waals surface area contributed by atoms with Crippen molar-refractivity contribution >= 4 is 11.6 Å². The highest BCUT2D eigenvalue weighted by Gasteiger charge is 2.05. The fourth-order valence-corrected chi connectivity index (χ4v) is 2.04. The van der Waals surface area contributed by atoms with E-state index >= 15 is 0 Å². The monoisotopic (exact) mass is 337 g/mol. The number of rotatable bonds is 7. The number of carbonyl (C=O) groups is 1. The molecule has 0 heterocycles. The van der Waals surface area contributed by atoms with Crippen molar-refractivity contribution in [3.8, 4) is 17.6 Å². The molecule has 0 aliphatic carbocycles. The van der Waals surface area contributed by atoms with Crippen LogP contribution in [-0.4, -0.2) is 24.8 Å². The van der Waals surface area contributed by atoms with Gasteiger partial charge in [0, 0.05) is 5.56 Å². The number of hydrogen-bond acceptors (Lipinski definition) is 5. The zero-order chi connectivity index (χ0) is 18.1. The van der Waals surface area contributed by atoms with Gasteiger partial charge in [-0.25, -0.2) is 5.43 Å². The van der Waals surface area contributed by atoms with Gasteiger partial charge >= 0.3 is 0 Å². The summed E-state index contributed by atoms with van der Waals surface area (Å²) >= 11 is 0. The highest BCUT2D eigenvalue weighted by atomic mass is 16.5. The van der Waals surface area contributed by atoms with E-state index < -0.39 is 0 Å². The molecule has 25 heavy (non-hydrogen) atoms. The fourth-order valence-electron chi connectivity index (χ4n) is 2.04. The number of nitrogens with one attached hydrogen (secondary N) is 1. The Morgan fingerprint density at radius 2 is 1.60 bits per heavy atom. The zero-order valence-corrected chi connectivity index (χ0v) is 14.2. The van der Waals surface area contributed by atoms with E-state index in [0.29, 0.717) is 23.6 Å². The van der Waals surface area contributed by atoms with E-state index in [1.54, 1.807) is 43.3 Å². The number of hydrazone groups is 1. The van der Waals surface area contributed by atoms with E-state index in [4.69, 9.17) is 14.7 Å². The summed E-state index contributed by atoms with van der Waals surface area (Å²) in [5.74, 6) is 1.03. The summed E-state index contributed by atoms with van der Waals surface area (Å²) in [7, 11) is 0. The molecule has 0 fully saturated rings. The lowest BCUT2D eigenvalue weighted by Crippen LogP contribution is -2.19. The van der Waals surface area contributed by atoms with Crippen LogP contribution in [0.5, 0.6) is 11.5 Å². The molecule has 0 spiro atoms. The molecular formula is C19H19N3O3. The molecular weight excluding hydrogens is 318 g/mol. The molecule has 2 rings (SSSR count). The van der Waals surface area contributed by atoms with Crippen molar-refractivity contribution in [2.45, 2.75) is 13.8 Å². The van der Waals surface area contributed by atoms with Crippen molar-refractivity contribution in [2.24, 2.45) is 5.10 Å². The van der Waals surface area contributed by atoms with Gasteiger partial charge in [0.25, 0.3) is 5.91 Å². The second-order valence-corrected chi connectivity index (χ2v) is 5.07. The van der Waals surface area contributed by atoms with Gasteiger partial charge in [-0.15, -0.1) is 0 Å². The molecule has 2 aromatic carbocycles. The second kappa shape index (κ2) is 9.08. The van der Waals surface area contributed by atoms with Crippen LogP contribution in [-0.2, 0) is 0 Å². The predicted molar refractivity (Wildman–Crippen MR) is 94.8 cm³/mol. The van der Waals surface area contributed by atoms with Crippen molar-refractivity contribution in [1.82, 2.24) is 5.43 Å². The SMILES string of the molecule is CCOc1ccc(C(=O)N/N=C(/C)c2ccc(OCC#N)cc2)cc1. The number of nitrogens with zero attached hydrogens (tertiary/aromatic N) is 2. The molecule has 0 atom stereocenters. The molecule has 0 aliphatic rings. The molecule has 1 amide bonds. The van der Waals surface area contributed by atoms with Crippen molar-refractivity contribution < 1.29 is 14.3 Å². The third-order valence-electron chi connectivity index (χ3n) is 3.33. The molecule has 0 bridgehead atoms. The van der Waals surface area contributed by atoms with Gasteiger partial charge in [0.05, 0.1) is 12.3 Å². The molecule has 2 aromatic rings. The number of nitriles is 1. The smallest absolute Gasteiger partial charge is 0.271 e. The summed E-state index contributed by atoms with van der Waals surface area (Å²) in [5.41, 5.74) is 4.53. The molecule has 1 N–H and O–H groups in total. The normalized spacial score (nSPS) is 10.7. The molecule has 128 valence electrons. The van der Waals surface area contributed by atoms with E-state index in [1.165, 1.54) is 0 Å². The minimum Gasteiger partial charge on any atom is -0.494 e. The van der Waals surface area contributed by atoms with E-state index in [9.17, 15) is 4.79 Å². The van der Waals surface area contributed by atoms with E-state index in [-0.39, 0.29) is 12.5 Å². The molecule has 6 nitrogen and oxygen atoms in total. The molecule has 0 saturated heterocycles. The van der Waals surface area contributed by atoms with Crippen LogP contribution in [0, 0.1) is 11.3 Å². The topological polar surface area (TPSA) is 83.7 Å². The molecule has 0 saturated carbocycles. The minimum atomic E-state index is -0.295. The van der Waals surface area contributed by atoms with Crippen molar-refractivity contribution in [3.63, 3.8) is 0 Å². The highest BCUT2D eigenvalue weighted by Crippen LogP contribution is 2.13. The summed E-state index contributed by atoms with van der Waals surface area (Å²) in [5, 5.41) is 12.6. The first-order chi connectivity index (χ1) is 12.1. The van der Waals surface area contributed by atoms with Gasteiger partial charge in [-0.2, -0.15) is 10.4 Å². The Morgan fingerprint density at radius 1 is 1.04 bits per heavy atom. The number of amides is 1. The average molecular weight is 337 g/mol. The van der Waals surface area contributed by atoms with Gasteiger partial charge in [-0.3, -0.25) is 4.79 Å². The summed E-state index contributed by atoms with van der Waals surface area (Å²) < 4.78 is 10.5. The van der Waals surface area contributed by atoms with Crippen LogP contribution >= 0.6 is 0 Å². The summed E-state index contributed by atoms with van der Waals surface area (Å²) in [4.78, 5) is 12.1. The minimum absolute atomic E-state index is 0.00453. The lowest BCUT2D eigenvalue weighted by Gasteiger charge is -2.06. The Labute approximate surface area is 146 Å². The first kappa shape index (κ1) is 18.0. The maximum absolute atomic E-state index is 12.1. The highest BCUT2D eigenvalue weighted by molar-refractivity contribution is 6.00. The molecule has 0 radical (unpaired) electrons. The quantitative estimate of drug-likeness (QED) is 0.621. The lowest BCUT2D eigenvalue weighted by molar-refractivity contribution is 0.0955. The predicted octanol–water partition coefficient (Wildman–Crippen LogP) is 3.14. The maximum atomic E-state index is 12.1. The molecule has 0 unspecified atom stereocenters. The number of hydrogen-bond donors (Lipinski definition) is 1. The van der Waals surface area contributed by atoms with Gasteiger partial charge in [0.1, 0.15) is 17.6 Å². The van der Waals surface area contributed by atoms with E-state index in [2.05, 4.69) is 10.5 Å². The first-order valence-electron chi connectivity index (χ1n) is 7.81. The summed E-state index contributed by atoms with van der Waals surface area (Å²) in [6.45, 7) is 4.28. The van der Waals surface area contributed by atoms with Crippen LogP contribution in [0.2, 0.25) is 0 Å². The lowest BCUT2D eigenvalue weighted by atomic mass is 10.1. The van der Waals surface area contributed by atoms with Crippen LogP contribution in [0.1, 0.15) is 29.8 Å². The third-order valence-corrected chi connectivity index (χ3v) is 3.33.